The summed E-state index contributed by atoms with van der Waals surface area (Å²) in [5.74, 6) is 2.23. The number of nitrogens with one attached hydrogen (secondary N) is 4. The molecule has 0 saturated carbocycles. The Morgan fingerprint density at radius 1 is 1.14 bits per heavy atom. The Hall–Kier alpha value is -4.08. The second-order valence-corrected chi connectivity index (χ2v) is 9.47. The lowest BCUT2D eigenvalue weighted by Gasteiger charge is -2.29. The molecule has 4 rings (SSSR count). The van der Waals surface area contributed by atoms with Gasteiger partial charge in [0.2, 0.25) is 6.41 Å². The van der Waals surface area contributed by atoms with E-state index in [2.05, 4.69) is 39.8 Å². The number of anilines is 3. The van der Waals surface area contributed by atoms with Crippen LogP contribution in [0.1, 0.15) is 67.2 Å². The van der Waals surface area contributed by atoms with E-state index in [9.17, 15) is 14.4 Å². The highest BCUT2D eigenvalue weighted by atomic mass is 16.4. The van der Waals surface area contributed by atoms with E-state index in [4.69, 9.17) is 4.42 Å². The van der Waals surface area contributed by atoms with Crippen molar-refractivity contribution in [1.29, 1.82) is 0 Å². The number of carbonyl (C=O) groups is 3. The zero-order chi connectivity index (χ0) is 26.2. The van der Waals surface area contributed by atoms with Crippen molar-refractivity contribution in [2.45, 2.75) is 52.4 Å². The van der Waals surface area contributed by atoms with Crippen molar-refractivity contribution >= 4 is 35.7 Å². The Morgan fingerprint density at radius 3 is 2.59 bits per heavy atom. The van der Waals surface area contributed by atoms with Crippen LogP contribution in [0, 0.1) is 5.92 Å². The topological polar surface area (TPSA) is 132 Å². The van der Waals surface area contributed by atoms with E-state index < -0.39 is 6.03 Å². The molecule has 0 aliphatic carbocycles. The molecule has 3 aromatic rings. The highest BCUT2D eigenvalue weighted by molar-refractivity contribution is 6.01. The van der Waals surface area contributed by atoms with Crippen molar-refractivity contribution in [3.05, 3.63) is 59.3 Å². The number of rotatable bonds is 10. The Morgan fingerprint density at radius 2 is 1.89 bits per heavy atom. The summed E-state index contributed by atoms with van der Waals surface area (Å²) in [5.41, 5.74) is 1.87. The fourth-order valence-corrected chi connectivity index (χ4v) is 4.29. The zero-order valence-electron chi connectivity index (χ0n) is 21.3. The summed E-state index contributed by atoms with van der Waals surface area (Å²) in [6.45, 7) is 5.81. The third kappa shape index (κ3) is 6.99. The summed E-state index contributed by atoms with van der Waals surface area (Å²) in [7, 11) is 0. The maximum Gasteiger partial charge on any atom is 0.324 e. The van der Waals surface area contributed by atoms with Gasteiger partial charge >= 0.3 is 6.03 Å². The molecule has 0 unspecified atom stereocenters. The number of aromatic nitrogens is 2. The van der Waals surface area contributed by atoms with E-state index in [1.807, 2.05) is 29.2 Å². The van der Waals surface area contributed by atoms with Gasteiger partial charge in [-0.3, -0.25) is 14.9 Å². The molecule has 196 valence electrons. The van der Waals surface area contributed by atoms with Crippen LogP contribution in [-0.2, 0) is 17.6 Å². The van der Waals surface area contributed by atoms with Crippen LogP contribution in [0.2, 0.25) is 0 Å². The summed E-state index contributed by atoms with van der Waals surface area (Å²) in [6.07, 6.45) is 5.97. The lowest BCUT2D eigenvalue weighted by molar-refractivity contribution is -0.105. The number of unbranched alkanes of at least 4 members (excludes halogenated alkanes) is 1. The Balaban J connectivity index is 1.37. The van der Waals surface area contributed by atoms with Gasteiger partial charge in [0.1, 0.15) is 11.6 Å². The van der Waals surface area contributed by atoms with Crippen LogP contribution in [0.25, 0.3) is 0 Å². The highest BCUT2D eigenvalue weighted by Crippen LogP contribution is 2.23. The molecular formula is C27H34N6O4. The third-order valence-corrected chi connectivity index (χ3v) is 6.50. The Labute approximate surface area is 216 Å². The van der Waals surface area contributed by atoms with E-state index in [0.717, 1.165) is 45.2 Å². The molecule has 0 radical (unpaired) electrons. The van der Waals surface area contributed by atoms with Crippen molar-refractivity contribution in [1.82, 2.24) is 14.9 Å². The summed E-state index contributed by atoms with van der Waals surface area (Å²) >= 11 is 0. The first-order chi connectivity index (χ1) is 17.9. The average Bonchev–Trinajstić information content (AvgIpc) is 3.51. The van der Waals surface area contributed by atoms with Gasteiger partial charge in [0.25, 0.3) is 5.91 Å². The molecule has 4 amide bonds. The number of imidazole rings is 1. The normalized spacial score (nSPS) is 13.8. The average molecular weight is 507 g/mol. The van der Waals surface area contributed by atoms with Gasteiger partial charge in [0.15, 0.2) is 17.4 Å². The van der Waals surface area contributed by atoms with Crippen molar-refractivity contribution < 1.29 is 18.8 Å². The molecule has 1 aromatic carbocycles. The first-order valence-electron chi connectivity index (χ1n) is 12.8. The van der Waals surface area contributed by atoms with Crippen LogP contribution in [0.4, 0.5) is 22.1 Å². The van der Waals surface area contributed by atoms with Crippen molar-refractivity contribution in [3.63, 3.8) is 0 Å². The molecule has 1 fully saturated rings. The van der Waals surface area contributed by atoms with E-state index in [0.29, 0.717) is 35.4 Å². The molecule has 3 heterocycles. The summed E-state index contributed by atoms with van der Waals surface area (Å²) in [4.78, 5) is 45.6. The lowest BCUT2D eigenvalue weighted by Crippen LogP contribution is -2.37. The monoisotopic (exact) mass is 506 g/mol. The van der Waals surface area contributed by atoms with Crippen LogP contribution in [0.15, 0.2) is 40.8 Å². The molecular weight excluding hydrogens is 472 g/mol. The number of benzene rings is 1. The molecule has 1 aliphatic rings. The van der Waals surface area contributed by atoms with Crippen molar-refractivity contribution in [2.24, 2.45) is 5.92 Å². The third-order valence-electron chi connectivity index (χ3n) is 6.50. The van der Waals surface area contributed by atoms with Gasteiger partial charge in [0, 0.05) is 18.8 Å². The molecule has 1 aliphatic heterocycles. The minimum atomic E-state index is -0.479. The molecule has 2 aromatic heterocycles. The first-order valence-corrected chi connectivity index (χ1v) is 12.8. The molecule has 1 saturated heterocycles. The maximum absolute atomic E-state index is 12.8. The van der Waals surface area contributed by atoms with Gasteiger partial charge in [-0.15, -0.1) is 0 Å². The standard InChI is InChI=1S/C27H34N6O4/c1-3-4-5-19-6-8-20(9-7-19)29-27(36)32-25-24(28-17-34)30-23(31-25)16-21-10-11-22(37-21)26(35)33-14-12-18(2)13-15-33/h6-11,17-18H,3-5,12-16H2,1-2H3,(H,28,34)(H,30,31)(H2,29,32,36). The molecule has 0 atom stereocenters. The van der Waals surface area contributed by atoms with Crippen molar-refractivity contribution in [2.75, 3.05) is 29.0 Å². The number of hydrogen-bond acceptors (Lipinski definition) is 5. The SMILES string of the molecule is CCCCc1ccc(NC(=O)Nc2[nH]c(Cc3ccc(C(=O)N4CCC(C)CC4)o3)nc2NC=O)cc1. The zero-order valence-corrected chi connectivity index (χ0v) is 21.3. The van der Waals surface area contributed by atoms with Gasteiger partial charge in [-0.25, -0.2) is 9.78 Å². The molecule has 4 N–H and O–H groups in total. The quantitative estimate of drug-likeness (QED) is 0.287. The predicted octanol–water partition coefficient (Wildman–Crippen LogP) is 5.02. The number of piperidine rings is 1. The number of furan rings is 1. The fourth-order valence-electron chi connectivity index (χ4n) is 4.29. The number of amides is 4. The molecule has 37 heavy (non-hydrogen) atoms. The smallest absolute Gasteiger partial charge is 0.324 e. The largest absolute Gasteiger partial charge is 0.455 e. The molecule has 10 heteroatoms. The Kier molecular flexibility index (Phi) is 8.60. The number of carbonyl (C=O) groups excluding carboxylic acids is 3. The van der Waals surface area contributed by atoms with E-state index >= 15 is 0 Å². The van der Waals surface area contributed by atoms with E-state index in [1.54, 1.807) is 12.1 Å². The van der Waals surface area contributed by atoms with Crippen LogP contribution >= 0.6 is 0 Å². The number of H-pyrrole nitrogens is 1. The van der Waals surface area contributed by atoms with Crippen molar-refractivity contribution in [3.8, 4) is 0 Å². The van der Waals surface area contributed by atoms with Crippen LogP contribution in [0.5, 0.6) is 0 Å². The second kappa shape index (κ2) is 12.2. The van der Waals surface area contributed by atoms with Gasteiger partial charge in [-0.1, -0.05) is 32.4 Å². The van der Waals surface area contributed by atoms with Crippen LogP contribution in [0.3, 0.4) is 0 Å². The minimum absolute atomic E-state index is 0.113. The number of aryl methyl sites for hydroxylation is 1. The first kappa shape index (κ1) is 26.0. The molecule has 0 spiro atoms. The van der Waals surface area contributed by atoms with Gasteiger partial charge in [0.05, 0.1) is 6.42 Å². The number of aromatic amines is 1. The molecule has 10 nitrogen and oxygen atoms in total. The Bertz CT molecular complexity index is 1210. The summed E-state index contributed by atoms with van der Waals surface area (Å²) in [6, 6.07) is 10.6. The van der Waals surface area contributed by atoms with E-state index in [-0.39, 0.29) is 24.0 Å². The van der Waals surface area contributed by atoms with Gasteiger partial charge in [-0.05, 0) is 61.4 Å². The summed E-state index contributed by atoms with van der Waals surface area (Å²) < 4.78 is 5.79. The highest BCUT2D eigenvalue weighted by Gasteiger charge is 2.24. The second-order valence-electron chi connectivity index (χ2n) is 9.47. The van der Waals surface area contributed by atoms with Crippen LogP contribution in [-0.4, -0.2) is 46.3 Å². The maximum atomic E-state index is 12.8. The number of likely N-dealkylation sites (tertiary alicyclic amines) is 1. The molecule has 0 bridgehead atoms. The number of hydrogen-bond donors (Lipinski definition) is 4. The lowest BCUT2D eigenvalue weighted by atomic mass is 9.99. The van der Waals surface area contributed by atoms with Gasteiger partial charge < -0.3 is 24.9 Å². The number of nitrogens with zero attached hydrogens (tertiary/aromatic N) is 2. The number of urea groups is 1. The summed E-state index contributed by atoms with van der Waals surface area (Å²) in [5, 5.41) is 7.96. The van der Waals surface area contributed by atoms with E-state index in [1.165, 1.54) is 5.56 Å². The minimum Gasteiger partial charge on any atom is -0.455 e. The fraction of sp³-hybridized carbons (Fsp3) is 0.407. The van der Waals surface area contributed by atoms with Gasteiger partial charge in [-0.2, -0.15) is 0 Å². The van der Waals surface area contributed by atoms with Crippen LogP contribution < -0.4 is 16.0 Å². The predicted molar refractivity (Wildman–Crippen MR) is 142 cm³/mol.